The van der Waals surface area contributed by atoms with Crippen molar-refractivity contribution in [3.63, 3.8) is 0 Å². The summed E-state index contributed by atoms with van der Waals surface area (Å²) in [5, 5.41) is 3.76. The van der Waals surface area contributed by atoms with Gasteiger partial charge >= 0.3 is 0 Å². The number of benzene rings is 1. The number of aryl methyl sites for hydroxylation is 1. The fourth-order valence-electron chi connectivity index (χ4n) is 3.51. The van der Waals surface area contributed by atoms with Crippen molar-refractivity contribution < 1.29 is 9.53 Å². The van der Waals surface area contributed by atoms with Crippen LogP contribution in [0, 0.1) is 6.92 Å². The minimum absolute atomic E-state index is 0. The molecule has 2 atom stereocenters. The van der Waals surface area contributed by atoms with Crippen LogP contribution in [0.1, 0.15) is 50.5 Å². The molecule has 25 heavy (non-hydrogen) atoms. The summed E-state index contributed by atoms with van der Waals surface area (Å²) in [7, 11) is 0. The third kappa shape index (κ3) is 5.61. The Hall–Kier alpha value is -0.750. The average Bonchev–Trinajstić information content (AvgIpc) is 3.07. The van der Waals surface area contributed by atoms with E-state index in [4.69, 9.17) is 10.5 Å². The van der Waals surface area contributed by atoms with Crippen molar-refractivity contribution in [3.05, 3.63) is 23.8 Å². The van der Waals surface area contributed by atoms with E-state index in [1.54, 1.807) is 0 Å². The summed E-state index contributed by atoms with van der Waals surface area (Å²) in [5.74, 6) is -0.0540. The fraction of sp³-hybridized carbons (Fsp3) is 0.632. The lowest BCUT2D eigenvalue weighted by Gasteiger charge is -2.21. The first-order chi connectivity index (χ1) is 11.7. The fourth-order valence-corrected chi connectivity index (χ4v) is 4.86. The maximum atomic E-state index is 12.3. The summed E-state index contributed by atoms with van der Waals surface area (Å²) in [6.45, 7) is 2.54. The van der Waals surface area contributed by atoms with E-state index in [-0.39, 0.29) is 30.5 Å². The van der Waals surface area contributed by atoms with Crippen molar-refractivity contribution in [2.75, 3.05) is 11.9 Å². The largest absolute Gasteiger partial charge is 0.364 e. The predicted octanol–water partition coefficient (Wildman–Crippen LogP) is 4.29. The predicted molar refractivity (Wildman–Crippen MR) is 107 cm³/mol. The Bertz CT molecular complexity index is 579. The molecule has 0 spiro atoms. The Morgan fingerprint density at radius 1 is 1.24 bits per heavy atom. The number of carbonyl (C=O) groups is 1. The number of rotatable bonds is 5. The number of carbonyl (C=O) groups excluding carboxylic acids is 1. The third-order valence-electron chi connectivity index (χ3n) is 4.97. The Morgan fingerprint density at radius 2 is 2.00 bits per heavy atom. The van der Waals surface area contributed by atoms with Gasteiger partial charge in [0, 0.05) is 22.4 Å². The number of ether oxygens (including phenoxy) is 1. The van der Waals surface area contributed by atoms with Crippen LogP contribution in [0.2, 0.25) is 0 Å². The van der Waals surface area contributed by atoms with Gasteiger partial charge in [-0.05, 0) is 56.4 Å². The second-order valence-electron chi connectivity index (χ2n) is 6.90. The van der Waals surface area contributed by atoms with Gasteiger partial charge < -0.3 is 15.8 Å². The van der Waals surface area contributed by atoms with Crippen molar-refractivity contribution in [2.24, 2.45) is 5.73 Å². The molecule has 0 radical (unpaired) electrons. The number of anilines is 1. The standard InChI is InChI=1S/C19H28N2O2S.ClH/c1-13-11-16(24-15-5-3-2-4-6-15)8-9-17(13)21-19(22)18-10-7-14(12-20)23-18;/h8-9,11,14-15,18H,2-7,10,12,20H2,1H3,(H,21,22);1H/t14-,18+;/m1./s1. The molecule has 1 amide bonds. The molecular formula is C19H29ClN2O2S. The number of nitrogens with one attached hydrogen (secondary N) is 1. The van der Waals surface area contributed by atoms with Gasteiger partial charge in [-0.2, -0.15) is 0 Å². The lowest BCUT2D eigenvalue weighted by atomic mass is 10.0. The molecule has 3 rings (SSSR count). The van der Waals surface area contributed by atoms with Crippen molar-refractivity contribution in [2.45, 2.75) is 74.2 Å². The molecular weight excluding hydrogens is 356 g/mol. The van der Waals surface area contributed by atoms with Gasteiger partial charge in [0.25, 0.3) is 5.91 Å². The first kappa shape index (κ1) is 20.6. The van der Waals surface area contributed by atoms with E-state index >= 15 is 0 Å². The Kier molecular flexibility index (Phi) is 8.07. The van der Waals surface area contributed by atoms with Gasteiger partial charge in [-0.1, -0.05) is 19.3 Å². The normalized spacial score (nSPS) is 23.9. The van der Waals surface area contributed by atoms with Crippen LogP contribution in [0.4, 0.5) is 5.69 Å². The van der Waals surface area contributed by atoms with Crippen LogP contribution < -0.4 is 11.1 Å². The summed E-state index contributed by atoms with van der Waals surface area (Å²) < 4.78 is 5.67. The zero-order chi connectivity index (χ0) is 16.9. The second kappa shape index (κ2) is 9.81. The highest BCUT2D eigenvalue weighted by Crippen LogP contribution is 2.35. The molecule has 2 fully saturated rings. The monoisotopic (exact) mass is 384 g/mol. The Morgan fingerprint density at radius 3 is 2.64 bits per heavy atom. The summed E-state index contributed by atoms with van der Waals surface area (Å²) in [5.41, 5.74) is 7.60. The van der Waals surface area contributed by atoms with Crippen LogP contribution in [-0.4, -0.2) is 29.9 Å². The molecule has 3 N–H and O–H groups in total. The zero-order valence-corrected chi connectivity index (χ0v) is 16.5. The van der Waals surface area contributed by atoms with Gasteiger partial charge in [0.05, 0.1) is 6.10 Å². The quantitative estimate of drug-likeness (QED) is 0.794. The summed E-state index contributed by atoms with van der Waals surface area (Å²) >= 11 is 1.98. The number of amides is 1. The lowest BCUT2D eigenvalue weighted by molar-refractivity contribution is -0.126. The van der Waals surface area contributed by atoms with Crippen LogP contribution in [0.15, 0.2) is 23.1 Å². The molecule has 1 heterocycles. The third-order valence-corrected chi connectivity index (χ3v) is 6.30. The first-order valence-electron chi connectivity index (χ1n) is 9.09. The molecule has 1 aliphatic heterocycles. The number of hydrogen-bond donors (Lipinski definition) is 2. The van der Waals surface area contributed by atoms with Crippen LogP contribution in [-0.2, 0) is 9.53 Å². The Labute approximate surface area is 161 Å². The smallest absolute Gasteiger partial charge is 0.253 e. The molecule has 1 aliphatic carbocycles. The van der Waals surface area contributed by atoms with E-state index in [0.29, 0.717) is 6.54 Å². The molecule has 4 nitrogen and oxygen atoms in total. The Balaban J connectivity index is 0.00000225. The van der Waals surface area contributed by atoms with E-state index in [1.807, 2.05) is 17.8 Å². The molecule has 6 heteroatoms. The molecule has 0 unspecified atom stereocenters. The zero-order valence-electron chi connectivity index (χ0n) is 14.8. The van der Waals surface area contributed by atoms with E-state index in [2.05, 4.69) is 24.4 Å². The van der Waals surface area contributed by atoms with E-state index in [0.717, 1.165) is 29.3 Å². The highest BCUT2D eigenvalue weighted by molar-refractivity contribution is 8.00. The van der Waals surface area contributed by atoms with Crippen molar-refractivity contribution in [1.29, 1.82) is 0 Å². The molecule has 2 aliphatic rings. The number of thioether (sulfide) groups is 1. The van der Waals surface area contributed by atoms with Crippen molar-refractivity contribution >= 4 is 35.8 Å². The summed E-state index contributed by atoms with van der Waals surface area (Å²) in [6.07, 6.45) is 8.02. The van der Waals surface area contributed by atoms with Crippen LogP contribution in [0.25, 0.3) is 0 Å². The molecule has 140 valence electrons. The van der Waals surface area contributed by atoms with Gasteiger partial charge in [-0.15, -0.1) is 24.2 Å². The molecule has 1 saturated carbocycles. The van der Waals surface area contributed by atoms with Crippen LogP contribution >= 0.6 is 24.2 Å². The van der Waals surface area contributed by atoms with Gasteiger partial charge in [0.15, 0.2) is 0 Å². The van der Waals surface area contributed by atoms with E-state index in [9.17, 15) is 4.79 Å². The maximum Gasteiger partial charge on any atom is 0.253 e. The van der Waals surface area contributed by atoms with E-state index < -0.39 is 0 Å². The topological polar surface area (TPSA) is 64.4 Å². The molecule has 1 aromatic carbocycles. The summed E-state index contributed by atoms with van der Waals surface area (Å²) in [6, 6.07) is 6.33. The molecule has 0 aromatic heterocycles. The number of halogens is 1. The van der Waals surface area contributed by atoms with Gasteiger partial charge in [-0.3, -0.25) is 4.79 Å². The number of hydrogen-bond acceptors (Lipinski definition) is 4. The minimum Gasteiger partial charge on any atom is -0.364 e. The highest BCUT2D eigenvalue weighted by atomic mass is 35.5. The average molecular weight is 385 g/mol. The SMILES string of the molecule is Cc1cc(SC2CCCCC2)ccc1NC(=O)[C@@H]1CC[C@H](CN)O1.Cl. The van der Waals surface area contributed by atoms with Gasteiger partial charge in [-0.25, -0.2) is 0 Å². The summed E-state index contributed by atoms with van der Waals surface area (Å²) in [4.78, 5) is 13.7. The van der Waals surface area contributed by atoms with E-state index in [1.165, 1.54) is 37.0 Å². The van der Waals surface area contributed by atoms with Gasteiger partial charge in [0.1, 0.15) is 6.10 Å². The molecule has 1 saturated heterocycles. The van der Waals surface area contributed by atoms with Crippen molar-refractivity contribution in [3.8, 4) is 0 Å². The van der Waals surface area contributed by atoms with Gasteiger partial charge in [0.2, 0.25) is 0 Å². The number of nitrogens with two attached hydrogens (primary N) is 1. The highest BCUT2D eigenvalue weighted by Gasteiger charge is 2.30. The second-order valence-corrected chi connectivity index (χ2v) is 8.28. The maximum absolute atomic E-state index is 12.3. The minimum atomic E-state index is -0.366. The first-order valence-corrected chi connectivity index (χ1v) is 9.97. The van der Waals surface area contributed by atoms with Crippen LogP contribution in [0.5, 0.6) is 0 Å². The molecule has 0 bridgehead atoms. The van der Waals surface area contributed by atoms with Crippen LogP contribution in [0.3, 0.4) is 0 Å². The molecule has 1 aromatic rings. The lowest BCUT2D eigenvalue weighted by Crippen LogP contribution is -2.30. The van der Waals surface area contributed by atoms with Crippen molar-refractivity contribution in [1.82, 2.24) is 0 Å².